The van der Waals surface area contributed by atoms with Crippen LogP contribution in [0.3, 0.4) is 0 Å². The van der Waals surface area contributed by atoms with E-state index in [1.54, 1.807) is 0 Å². The summed E-state index contributed by atoms with van der Waals surface area (Å²) in [7, 11) is 1.30. The van der Waals surface area contributed by atoms with E-state index in [2.05, 4.69) is 5.32 Å². The SMILES string of the molecule is COc1cc(NC(CO)(CO)CO)ccc1[N+](=O)[O-]. The van der Waals surface area contributed by atoms with Gasteiger partial charge in [0.15, 0.2) is 5.75 Å². The number of hydrogen-bond acceptors (Lipinski definition) is 7. The predicted octanol–water partition coefficient (Wildman–Crippen LogP) is -0.269. The van der Waals surface area contributed by atoms with E-state index in [9.17, 15) is 25.4 Å². The first-order valence-corrected chi connectivity index (χ1v) is 5.45. The van der Waals surface area contributed by atoms with E-state index in [0.29, 0.717) is 5.69 Å². The highest BCUT2D eigenvalue weighted by Crippen LogP contribution is 2.30. The second-order valence-electron chi connectivity index (χ2n) is 4.02. The highest BCUT2D eigenvalue weighted by atomic mass is 16.6. The van der Waals surface area contributed by atoms with Crippen molar-refractivity contribution >= 4 is 11.4 Å². The van der Waals surface area contributed by atoms with Crippen LogP contribution in [0.4, 0.5) is 11.4 Å². The van der Waals surface area contributed by atoms with Crippen molar-refractivity contribution in [2.45, 2.75) is 5.54 Å². The molecule has 0 saturated carbocycles. The number of rotatable bonds is 7. The summed E-state index contributed by atoms with van der Waals surface area (Å²) in [4.78, 5) is 10.1. The Morgan fingerprint density at radius 2 is 1.89 bits per heavy atom. The van der Waals surface area contributed by atoms with Gasteiger partial charge >= 0.3 is 5.69 Å². The van der Waals surface area contributed by atoms with Gasteiger partial charge in [0.1, 0.15) is 5.54 Å². The summed E-state index contributed by atoms with van der Waals surface area (Å²) in [6.07, 6.45) is 0. The minimum Gasteiger partial charge on any atom is -0.490 e. The van der Waals surface area contributed by atoms with Gasteiger partial charge in [0.05, 0.1) is 31.9 Å². The molecule has 0 radical (unpaired) electrons. The van der Waals surface area contributed by atoms with Crippen LogP contribution < -0.4 is 10.1 Å². The van der Waals surface area contributed by atoms with Gasteiger partial charge in [-0.25, -0.2) is 0 Å². The third kappa shape index (κ3) is 3.31. The van der Waals surface area contributed by atoms with Crippen molar-refractivity contribution in [2.75, 3.05) is 32.2 Å². The number of ether oxygens (including phenoxy) is 1. The number of nitro groups is 1. The lowest BCUT2D eigenvalue weighted by Crippen LogP contribution is -2.49. The molecular weight excluding hydrogens is 256 g/mol. The first kappa shape index (κ1) is 15.2. The number of nitrogens with zero attached hydrogens (tertiary/aromatic N) is 1. The number of nitrogens with one attached hydrogen (secondary N) is 1. The van der Waals surface area contributed by atoms with E-state index in [-0.39, 0.29) is 11.4 Å². The molecule has 0 aliphatic carbocycles. The Hall–Kier alpha value is -1.90. The van der Waals surface area contributed by atoms with Gasteiger partial charge in [0, 0.05) is 17.8 Å². The Bertz CT molecular complexity index is 439. The minimum atomic E-state index is -1.30. The standard InChI is InChI=1S/C11H16N2O6/c1-19-10-4-8(2-3-9(10)13(17)18)12-11(5-14,6-15)7-16/h2-4,12,14-16H,5-7H2,1H3. The van der Waals surface area contributed by atoms with Crippen molar-refractivity contribution in [2.24, 2.45) is 0 Å². The summed E-state index contributed by atoms with van der Waals surface area (Å²) in [5, 5.41) is 41.0. The van der Waals surface area contributed by atoms with Crippen molar-refractivity contribution < 1.29 is 25.0 Å². The van der Waals surface area contributed by atoms with Crippen LogP contribution in [-0.4, -0.2) is 52.7 Å². The average molecular weight is 272 g/mol. The van der Waals surface area contributed by atoms with Crippen molar-refractivity contribution in [3.63, 3.8) is 0 Å². The van der Waals surface area contributed by atoms with Crippen LogP contribution in [0.5, 0.6) is 5.75 Å². The molecule has 0 amide bonds. The van der Waals surface area contributed by atoms with Crippen LogP contribution in [0.1, 0.15) is 0 Å². The number of benzene rings is 1. The molecule has 19 heavy (non-hydrogen) atoms. The zero-order chi connectivity index (χ0) is 14.5. The van der Waals surface area contributed by atoms with Gasteiger partial charge in [-0.3, -0.25) is 10.1 Å². The molecule has 106 valence electrons. The molecule has 0 atom stereocenters. The van der Waals surface area contributed by atoms with E-state index in [1.807, 2.05) is 0 Å². The molecule has 0 aromatic heterocycles. The topological polar surface area (TPSA) is 125 Å². The Morgan fingerprint density at radius 1 is 1.32 bits per heavy atom. The molecule has 0 spiro atoms. The molecule has 1 rings (SSSR count). The van der Waals surface area contributed by atoms with Crippen LogP contribution in [0, 0.1) is 10.1 Å². The summed E-state index contributed by atoms with van der Waals surface area (Å²) < 4.78 is 4.89. The Balaban J connectivity index is 3.06. The van der Waals surface area contributed by atoms with E-state index < -0.39 is 30.3 Å². The lowest BCUT2D eigenvalue weighted by Gasteiger charge is -2.29. The smallest absolute Gasteiger partial charge is 0.311 e. The molecule has 0 saturated heterocycles. The number of aliphatic hydroxyl groups is 3. The van der Waals surface area contributed by atoms with E-state index in [1.165, 1.54) is 25.3 Å². The van der Waals surface area contributed by atoms with Gasteiger partial charge in [-0.05, 0) is 6.07 Å². The van der Waals surface area contributed by atoms with Gasteiger partial charge in [0.2, 0.25) is 0 Å². The van der Waals surface area contributed by atoms with Crippen molar-refractivity contribution in [3.05, 3.63) is 28.3 Å². The molecule has 1 aromatic carbocycles. The fourth-order valence-corrected chi connectivity index (χ4v) is 1.48. The largest absolute Gasteiger partial charge is 0.490 e. The zero-order valence-electron chi connectivity index (χ0n) is 10.4. The van der Waals surface area contributed by atoms with Gasteiger partial charge in [-0.15, -0.1) is 0 Å². The van der Waals surface area contributed by atoms with Crippen molar-refractivity contribution in [3.8, 4) is 5.75 Å². The van der Waals surface area contributed by atoms with E-state index in [4.69, 9.17) is 4.74 Å². The third-order valence-electron chi connectivity index (χ3n) is 2.69. The van der Waals surface area contributed by atoms with E-state index in [0.717, 1.165) is 0 Å². The first-order chi connectivity index (χ1) is 9.01. The van der Waals surface area contributed by atoms with Crippen LogP contribution in [0.25, 0.3) is 0 Å². The normalized spacial score (nSPS) is 11.2. The monoisotopic (exact) mass is 272 g/mol. The quantitative estimate of drug-likeness (QED) is 0.397. The summed E-state index contributed by atoms with van der Waals surface area (Å²) in [6.45, 7) is -1.50. The fraction of sp³-hybridized carbons (Fsp3) is 0.455. The van der Waals surface area contributed by atoms with E-state index >= 15 is 0 Å². The number of methoxy groups -OCH3 is 1. The third-order valence-corrected chi connectivity index (χ3v) is 2.69. The van der Waals surface area contributed by atoms with Crippen LogP contribution in [-0.2, 0) is 0 Å². The molecule has 8 nitrogen and oxygen atoms in total. The molecule has 0 aliphatic heterocycles. The first-order valence-electron chi connectivity index (χ1n) is 5.45. The van der Waals surface area contributed by atoms with Gasteiger partial charge in [-0.1, -0.05) is 0 Å². The minimum absolute atomic E-state index is 0.0396. The Kier molecular flexibility index (Phi) is 5.04. The highest BCUT2D eigenvalue weighted by Gasteiger charge is 2.28. The van der Waals surface area contributed by atoms with Crippen molar-refractivity contribution in [1.29, 1.82) is 0 Å². The Labute approximate surface area is 109 Å². The van der Waals surface area contributed by atoms with Crippen LogP contribution in [0.2, 0.25) is 0 Å². The van der Waals surface area contributed by atoms with Gasteiger partial charge in [0.25, 0.3) is 0 Å². The van der Waals surface area contributed by atoms with Gasteiger partial charge < -0.3 is 25.4 Å². The molecule has 0 unspecified atom stereocenters. The second-order valence-corrected chi connectivity index (χ2v) is 4.02. The molecule has 4 N–H and O–H groups in total. The molecule has 0 aliphatic rings. The number of anilines is 1. The van der Waals surface area contributed by atoms with Crippen LogP contribution >= 0.6 is 0 Å². The van der Waals surface area contributed by atoms with Crippen LogP contribution in [0.15, 0.2) is 18.2 Å². The zero-order valence-corrected chi connectivity index (χ0v) is 10.4. The number of hydrogen-bond donors (Lipinski definition) is 4. The molecule has 1 aromatic rings. The second kappa shape index (κ2) is 6.32. The van der Waals surface area contributed by atoms with Gasteiger partial charge in [-0.2, -0.15) is 0 Å². The summed E-state index contributed by atoms with van der Waals surface area (Å²) >= 11 is 0. The summed E-state index contributed by atoms with van der Waals surface area (Å²) in [5.74, 6) is 0.0396. The molecule has 0 fully saturated rings. The highest BCUT2D eigenvalue weighted by molar-refractivity contribution is 5.59. The number of aliphatic hydroxyl groups excluding tert-OH is 3. The maximum absolute atomic E-state index is 10.7. The lowest BCUT2D eigenvalue weighted by atomic mass is 10.0. The molecule has 0 bridgehead atoms. The van der Waals surface area contributed by atoms with Crippen molar-refractivity contribution in [1.82, 2.24) is 0 Å². The Morgan fingerprint density at radius 3 is 2.32 bits per heavy atom. The average Bonchev–Trinajstić information content (AvgIpc) is 2.44. The molecular formula is C11H16N2O6. The lowest BCUT2D eigenvalue weighted by molar-refractivity contribution is -0.385. The number of nitro benzene ring substituents is 1. The predicted molar refractivity (Wildman–Crippen MR) is 67.3 cm³/mol. The maximum Gasteiger partial charge on any atom is 0.311 e. The molecule has 0 heterocycles. The molecule has 8 heteroatoms. The summed E-state index contributed by atoms with van der Waals surface area (Å²) in [6, 6.07) is 3.99. The fourth-order valence-electron chi connectivity index (χ4n) is 1.48. The maximum atomic E-state index is 10.7. The summed E-state index contributed by atoms with van der Waals surface area (Å²) in [5.41, 5.74) is -1.13.